The molecule has 0 unspecified atom stereocenters. The molecule has 27 heavy (non-hydrogen) atoms. The minimum atomic E-state index is 0.0713. The summed E-state index contributed by atoms with van der Waals surface area (Å²) in [5.41, 5.74) is 0.629. The quantitative estimate of drug-likeness (QED) is 0.823. The van der Waals surface area contributed by atoms with Crippen molar-refractivity contribution < 1.29 is 9.53 Å². The average molecular weight is 365 g/mol. The molecule has 1 aliphatic heterocycles. The van der Waals surface area contributed by atoms with Gasteiger partial charge in [-0.1, -0.05) is 31.0 Å². The topological polar surface area (TPSA) is 45.7 Å². The van der Waals surface area contributed by atoms with E-state index >= 15 is 0 Å². The van der Waals surface area contributed by atoms with Crippen molar-refractivity contribution in [3.63, 3.8) is 0 Å². The van der Waals surface area contributed by atoms with Gasteiger partial charge in [-0.3, -0.25) is 9.69 Å². The lowest BCUT2D eigenvalue weighted by Crippen LogP contribution is -2.38. The highest BCUT2D eigenvalue weighted by Gasteiger charge is 2.26. The molecule has 0 atom stereocenters. The van der Waals surface area contributed by atoms with Gasteiger partial charge in [0.15, 0.2) is 0 Å². The molecule has 1 saturated heterocycles. The first-order valence-electron chi connectivity index (χ1n) is 10.0. The van der Waals surface area contributed by atoms with Gasteiger partial charge in [-0.15, -0.1) is 0 Å². The highest BCUT2D eigenvalue weighted by atomic mass is 16.5. The molecule has 2 aromatic rings. The van der Waals surface area contributed by atoms with Gasteiger partial charge in [-0.25, -0.2) is 4.98 Å². The van der Waals surface area contributed by atoms with E-state index in [0.29, 0.717) is 11.4 Å². The molecule has 2 heterocycles. The lowest BCUT2D eigenvalue weighted by Gasteiger charge is -2.27. The summed E-state index contributed by atoms with van der Waals surface area (Å²) in [4.78, 5) is 21.8. The van der Waals surface area contributed by atoms with E-state index in [1.165, 1.54) is 25.7 Å². The van der Waals surface area contributed by atoms with E-state index < -0.39 is 0 Å². The molecule has 0 N–H and O–H groups in total. The van der Waals surface area contributed by atoms with E-state index in [9.17, 15) is 4.79 Å². The molecule has 1 aromatic heterocycles. The van der Waals surface area contributed by atoms with E-state index in [2.05, 4.69) is 9.88 Å². The minimum Gasteiger partial charge on any atom is -0.439 e. The lowest BCUT2D eigenvalue weighted by atomic mass is 10.2. The van der Waals surface area contributed by atoms with Crippen LogP contribution < -0.4 is 4.74 Å². The molecule has 1 aliphatic carbocycles. The fraction of sp³-hybridized carbons (Fsp3) is 0.455. The van der Waals surface area contributed by atoms with Crippen molar-refractivity contribution in [3.05, 3.63) is 54.2 Å². The van der Waals surface area contributed by atoms with E-state index in [-0.39, 0.29) is 5.91 Å². The zero-order valence-electron chi connectivity index (χ0n) is 15.7. The van der Waals surface area contributed by atoms with Gasteiger partial charge in [0.05, 0.1) is 5.56 Å². The second-order valence-corrected chi connectivity index (χ2v) is 7.42. The van der Waals surface area contributed by atoms with Crippen molar-refractivity contribution in [1.29, 1.82) is 0 Å². The van der Waals surface area contributed by atoms with Crippen LogP contribution >= 0.6 is 0 Å². The number of rotatable bonds is 4. The van der Waals surface area contributed by atoms with E-state index in [1.54, 1.807) is 12.3 Å². The van der Waals surface area contributed by atoms with Gasteiger partial charge in [0.2, 0.25) is 5.88 Å². The van der Waals surface area contributed by atoms with Gasteiger partial charge in [0.1, 0.15) is 5.75 Å². The highest BCUT2D eigenvalue weighted by molar-refractivity contribution is 5.94. The van der Waals surface area contributed by atoms with E-state index in [4.69, 9.17) is 4.74 Å². The normalized spacial score (nSPS) is 19.0. The number of carbonyl (C=O) groups is 1. The van der Waals surface area contributed by atoms with E-state index in [0.717, 1.165) is 44.4 Å². The van der Waals surface area contributed by atoms with Crippen LogP contribution in [0.1, 0.15) is 42.5 Å². The Morgan fingerprint density at radius 2 is 1.74 bits per heavy atom. The zero-order chi connectivity index (χ0) is 18.5. The Morgan fingerprint density at radius 3 is 2.48 bits per heavy atom. The summed E-state index contributed by atoms with van der Waals surface area (Å²) in [7, 11) is 0. The first-order valence-corrected chi connectivity index (χ1v) is 10.0. The van der Waals surface area contributed by atoms with Crippen molar-refractivity contribution >= 4 is 5.91 Å². The number of hydrogen-bond donors (Lipinski definition) is 0. The molecular weight excluding hydrogens is 338 g/mol. The smallest absolute Gasteiger partial charge is 0.255 e. The zero-order valence-corrected chi connectivity index (χ0v) is 15.7. The number of para-hydroxylation sites is 1. The lowest BCUT2D eigenvalue weighted by molar-refractivity contribution is 0.0757. The number of pyridine rings is 1. The Bertz CT molecular complexity index is 742. The van der Waals surface area contributed by atoms with Crippen molar-refractivity contribution in [1.82, 2.24) is 14.8 Å². The first kappa shape index (κ1) is 18.0. The Labute approximate surface area is 161 Å². The van der Waals surface area contributed by atoms with Crippen LogP contribution in [0.25, 0.3) is 0 Å². The van der Waals surface area contributed by atoms with Gasteiger partial charge >= 0.3 is 0 Å². The molecule has 1 saturated carbocycles. The average Bonchev–Trinajstić information content (AvgIpc) is 3.14. The summed E-state index contributed by atoms with van der Waals surface area (Å²) < 4.78 is 5.71. The number of benzene rings is 1. The Morgan fingerprint density at radius 1 is 0.926 bits per heavy atom. The number of amides is 1. The Kier molecular flexibility index (Phi) is 5.68. The maximum Gasteiger partial charge on any atom is 0.255 e. The summed E-state index contributed by atoms with van der Waals surface area (Å²) in [6.45, 7) is 3.72. The molecular formula is C22H27N3O2. The summed E-state index contributed by atoms with van der Waals surface area (Å²) in [6, 6.07) is 13.9. The molecule has 5 heteroatoms. The number of carbonyl (C=O) groups excluding carboxylic acids is 1. The summed E-state index contributed by atoms with van der Waals surface area (Å²) in [5, 5.41) is 0. The molecule has 4 rings (SSSR count). The fourth-order valence-electron chi connectivity index (χ4n) is 4.13. The predicted octanol–water partition coefficient (Wildman–Crippen LogP) is 3.96. The maximum atomic E-state index is 12.9. The predicted molar refractivity (Wildman–Crippen MR) is 105 cm³/mol. The number of aromatic nitrogens is 1. The van der Waals surface area contributed by atoms with Gasteiger partial charge in [-0.05, 0) is 37.5 Å². The molecule has 2 aliphatic rings. The standard InChI is InChI=1S/C22H27N3O2/c26-22(25-14-6-13-24(15-16-25)19-7-4-5-8-19)18-11-12-21(23-17-18)27-20-9-2-1-3-10-20/h1-3,9-12,17,19H,4-8,13-16H2. The van der Waals surface area contributed by atoms with Crippen molar-refractivity contribution in [3.8, 4) is 11.6 Å². The number of ether oxygens (including phenoxy) is 1. The molecule has 5 nitrogen and oxygen atoms in total. The third-order valence-electron chi connectivity index (χ3n) is 5.61. The van der Waals surface area contributed by atoms with Crippen LogP contribution in [0.2, 0.25) is 0 Å². The van der Waals surface area contributed by atoms with Crippen molar-refractivity contribution in [2.75, 3.05) is 26.2 Å². The molecule has 0 radical (unpaired) electrons. The summed E-state index contributed by atoms with van der Waals surface area (Å²) in [5.74, 6) is 1.31. The summed E-state index contributed by atoms with van der Waals surface area (Å²) in [6.07, 6.45) is 8.02. The molecule has 0 bridgehead atoms. The number of nitrogens with zero attached hydrogens (tertiary/aromatic N) is 3. The monoisotopic (exact) mass is 365 g/mol. The van der Waals surface area contributed by atoms with Crippen LogP contribution in [0.4, 0.5) is 0 Å². The molecule has 0 spiro atoms. The Hall–Kier alpha value is -2.40. The first-order chi connectivity index (χ1) is 13.3. The van der Waals surface area contributed by atoms with Crippen molar-refractivity contribution in [2.45, 2.75) is 38.1 Å². The SMILES string of the molecule is O=C(c1ccc(Oc2ccccc2)nc1)N1CCCN(C2CCCC2)CC1. The van der Waals surface area contributed by atoms with E-state index in [1.807, 2.05) is 41.3 Å². The minimum absolute atomic E-state index is 0.0713. The van der Waals surface area contributed by atoms with Gasteiger partial charge in [0, 0.05) is 44.5 Å². The van der Waals surface area contributed by atoms with Crippen molar-refractivity contribution in [2.24, 2.45) is 0 Å². The third-order valence-corrected chi connectivity index (χ3v) is 5.61. The van der Waals surface area contributed by atoms with Crippen LogP contribution in [0.3, 0.4) is 0 Å². The van der Waals surface area contributed by atoms with Crippen LogP contribution in [0.15, 0.2) is 48.7 Å². The molecule has 2 fully saturated rings. The Balaban J connectivity index is 1.36. The number of hydrogen-bond acceptors (Lipinski definition) is 4. The highest BCUT2D eigenvalue weighted by Crippen LogP contribution is 2.25. The van der Waals surface area contributed by atoms with Crippen LogP contribution in [0.5, 0.6) is 11.6 Å². The van der Waals surface area contributed by atoms with Gasteiger partial charge < -0.3 is 9.64 Å². The van der Waals surface area contributed by atoms with Gasteiger partial charge in [0.25, 0.3) is 5.91 Å². The summed E-state index contributed by atoms with van der Waals surface area (Å²) >= 11 is 0. The molecule has 142 valence electrons. The second-order valence-electron chi connectivity index (χ2n) is 7.42. The van der Waals surface area contributed by atoms with Crippen LogP contribution in [0, 0.1) is 0 Å². The van der Waals surface area contributed by atoms with Crippen LogP contribution in [-0.2, 0) is 0 Å². The fourth-order valence-corrected chi connectivity index (χ4v) is 4.13. The third kappa shape index (κ3) is 4.48. The van der Waals surface area contributed by atoms with Crippen LogP contribution in [-0.4, -0.2) is 52.9 Å². The largest absolute Gasteiger partial charge is 0.439 e. The molecule has 1 aromatic carbocycles. The second kappa shape index (κ2) is 8.53. The molecule has 1 amide bonds. The van der Waals surface area contributed by atoms with Gasteiger partial charge in [-0.2, -0.15) is 0 Å². The maximum absolute atomic E-state index is 12.9.